The highest BCUT2D eigenvalue weighted by Crippen LogP contribution is 2.30. The molecule has 0 unspecified atom stereocenters. The van der Waals surface area contributed by atoms with Crippen LogP contribution in [0, 0.1) is 5.82 Å². The van der Waals surface area contributed by atoms with Crippen molar-refractivity contribution in [2.45, 2.75) is 32.2 Å². The van der Waals surface area contributed by atoms with E-state index >= 15 is 0 Å². The molecule has 33 heavy (non-hydrogen) atoms. The topological polar surface area (TPSA) is 117 Å². The van der Waals surface area contributed by atoms with Crippen molar-refractivity contribution in [2.24, 2.45) is 0 Å². The molecule has 180 valence electrons. The highest BCUT2D eigenvalue weighted by molar-refractivity contribution is 7.89. The fourth-order valence-electron chi connectivity index (χ4n) is 2.98. The summed E-state index contributed by atoms with van der Waals surface area (Å²) in [4.78, 5) is 24.1. The lowest BCUT2D eigenvalue weighted by Crippen LogP contribution is -2.39. The highest BCUT2D eigenvalue weighted by atomic mass is 32.2. The van der Waals surface area contributed by atoms with Gasteiger partial charge in [-0.25, -0.2) is 17.6 Å². The van der Waals surface area contributed by atoms with E-state index in [2.05, 4.69) is 16.0 Å². The number of benzene rings is 2. The summed E-state index contributed by atoms with van der Waals surface area (Å²) in [6.45, 7) is 5.91. The Morgan fingerprint density at radius 1 is 1.00 bits per heavy atom. The van der Waals surface area contributed by atoms with Gasteiger partial charge in [0.1, 0.15) is 16.5 Å². The molecular weight excluding hydrogens is 451 g/mol. The van der Waals surface area contributed by atoms with Gasteiger partial charge in [-0.05, 0) is 42.8 Å². The van der Waals surface area contributed by atoms with Crippen molar-refractivity contribution in [3.05, 3.63) is 53.8 Å². The molecule has 0 aliphatic carbocycles. The van der Waals surface area contributed by atoms with Crippen molar-refractivity contribution in [2.75, 3.05) is 31.6 Å². The first-order valence-electron chi connectivity index (χ1n) is 10.5. The largest absolute Gasteiger partial charge is 0.492 e. The van der Waals surface area contributed by atoms with E-state index in [1.807, 2.05) is 0 Å². The van der Waals surface area contributed by atoms with Gasteiger partial charge in [0.15, 0.2) is 0 Å². The van der Waals surface area contributed by atoms with E-state index in [4.69, 9.17) is 4.74 Å². The van der Waals surface area contributed by atoms with Crippen molar-refractivity contribution in [1.29, 1.82) is 0 Å². The van der Waals surface area contributed by atoms with Crippen LogP contribution in [0.3, 0.4) is 0 Å². The quantitative estimate of drug-likeness (QED) is 0.457. The maximum atomic E-state index is 13.0. The maximum Gasteiger partial charge on any atom is 0.315 e. The van der Waals surface area contributed by atoms with Gasteiger partial charge >= 0.3 is 6.03 Å². The average molecular weight is 481 g/mol. The number of rotatable bonds is 11. The van der Waals surface area contributed by atoms with Crippen molar-refractivity contribution in [3.63, 3.8) is 0 Å². The lowest BCUT2D eigenvalue weighted by Gasteiger charge is -2.21. The molecule has 2 aromatic rings. The van der Waals surface area contributed by atoms with Gasteiger partial charge in [0.2, 0.25) is 15.9 Å². The summed E-state index contributed by atoms with van der Waals surface area (Å²) >= 11 is 0. The lowest BCUT2D eigenvalue weighted by atomic mass is 10.2. The standard InChI is InChI=1S/C22H29FN4O5S/c1-4-27(5-2)33(30,31)20-13-18(11-12-19(20)32-6-3)26-21(28)15-25-22(29)24-14-16-7-9-17(23)10-8-16/h7-13H,4-6,14-15H2,1-3H3,(H,26,28)(H2,24,25,29). The van der Waals surface area contributed by atoms with E-state index in [1.54, 1.807) is 20.8 Å². The molecule has 2 rings (SSSR count). The van der Waals surface area contributed by atoms with Crippen LogP contribution >= 0.6 is 0 Å². The van der Waals surface area contributed by atoms with Gasteiger partial charge < -0.3 is 20.7 Å². The van der Waals surface area contributed by atoms with Crippen LogP contribution in [0.4, 0.5) is 14.9 Å². The van der Waals surface area contributed by atoms with Crippen LogP contribution in [0.1, 0.15) is 26.3 Å². The van der Waals surface area contributed by atoms with Gasteiger partial charge in [-0.2, -0.15) is 4.31 Å². The first-order valence-corrected chi connectivity index (χ1v) is 12.0. The third-order valence-corrected chi connectivity index (χ3v) is 6.70. The summed E-state index contributed by atoms with van der Waals surface area (Å²) < 4.78 is 45.7. The van der Waals surface area contributed by atoms with Gasteiger partial charge in [0.05, 0.1) is 13.2 Å². The Morgan fingerprint density at radius 2 is 1.67 bits per heavy atom. The van der Waals surface area contributed by atoms with Gasteiger partial charge in [0, 0.05) is 25.3 Å². The maximum absolute atomic E-state index is 13.0. The highest BCUT2D eigenvalue weighted by Gasteiger charge is 2.26. The molecule has 3 amide bonds. The van der Waals surface area contributed by atoms with E-state index < -0.39 is 22.0 Å². The summed E-state index contributed by atoms with van der Waals surface area (Å²) in [5.41, 5.74) is 0.954. The predicted molar refractivity (Wildman–Crippen MR) is 123 cm³/mol. The SMILES string of the molecule is CCOc1ccc(NC(=O)CNC(=O)NCc2ccc(F)cc2)cc1S(=O)(=O)N(CC)CC. The van der Waals surface area contributed by atoms with E-state index in [0.717, 1.165) is 0 Å². The van der Waals surface area contributed by atoms with Crippen LogP contribution in [-0.4, -0.2) is 50.9 Å². The molecule has 0 spiro atoms. The molecule has 0 aliphatic heterocycles. The first-order chi connectivity index (χ1) is 15.7. The van der Waals surface area contributed by atoms with Crippen molar-refractivity contribution >= 4 is 27.6 Å². The monoisotopic (exact) mass is 480 g/mol. The molecule has 2 aromatic carbocycles. The second kappa shape index (κ2) is 12.2. The third-order valence-electron chi connectivity index (χ3n) is 4.63. The van der Waals surface area contributed by atoms with Gasteiger partial charge in [-0.3, -0.25) is 4.79 Å². The Bertz CT molecular complexity index is 1060. The van der Waals surface area contributed by atoms with Crippen LogP contribution in [0.5, 0.6) is 5.75 Å². The Kier molecular flexibility index (Phi) is 9.61. The first kappa shape index (κ1) is 26.1. The molecule has 0 fully saturated rings. The summed E-state index contributed by atoms with van der Waals surface area (Å²) in [6, 6.07) is 9.42. The summed E-state index contributed by atoms with van der Waals surface area (Å²) in [6.07, 6.45) is 0. The normalized spacial score (nSPS) is 11.2. The van der Waals surface area contributed by atoms with Crippen molar-refractivity contribution in [3.8, 4) is 5.75 Å². The Morgan fingerprint density at radius 3 is 2.27 bits per heavy atom. The Balaban J connectivity index is 2.00. The number of ether oxygens (including phenoxy) is 1. The Hall–Kier alpha value is -3.18. The number of hydrogen-bond donors (Lipinski definition) is 3. The van der Waals surface area contributed by atoms with Crippen molar-refractivity contribution in [1.82, 2.24) is 14.9 Å². The number of sulfonamides is 1. The fourth-order valence-corrected chi connectivity index (χ4v) is 4.59. The molecule has 9 nitrogen and oxygen atoms in total. The van der Waals surface area contributed by atoms with Crippen LogP contribution in [0.25, 0.3) is 0 Å². The van der Waals surface area contributed by atoms with Crippen molar-refractivity contribution < 1.29 is 27.1 Å². The zero-order chi connectivity index (χ0) is 24.4. The number of nitrogens with zero attached hydrogens (tertiary/aromatic N) is 1. The fraction of sp³-hybridized carbons (Fsp3) is 0.364. The Labute approximate surface area is 193 Å². The van der Waals surface area contributed by atoms with Crippen LogP contribution < -0.4 is 20.7 Å². The molecule has 0 atom stereocenters. The summed E-state index contributed by atoms with van der Waals surface area (Å²) in [5.74, 6) is -0.717. The average Bonchev–Trinajstić information content (AvgIpc) is 2.79. The van der Waals surface area contributed by atoms with Crippen LogP contribution in [0.2, 0.25) is 0 Å². The van der Waals surface area contributed by atoms with Gasteiger partial charge in [0.25, 0.3) is 0 Å². The zero-order valence-electron chi connectivity index (χ0n) is 18.9. The summed E-state index contributed by atoms with van der Waals surface area (Å²) in [5, 5.41) is 7.54. The molecule has 11 heteroatoms. The second-order valence-corrected chi connectivity index (χ2v) is 8.80. The molecule has 0 saturated carbocycles. The molecule has 3 N–H and O–H groups in total. The minimum atomic E-state index is -3.82. The van der Waals surface area contributed by atoms with E-state index in [1.165, 1.54) is 46.8 Å². The molecular formula is C22H29FN4O5S. The summed E-state index contributed by atoms with van der Waals surface area (Å²) in [7, 11) is -3.82. The third kappa shape index (κ3) is 7.43. The van der Waals surface area contributed by atoms with Crippen LogP contribution in [-0.2, 0) is 21.4 Å². The molecule has 0 aliphatic rings. The number of hydrogen-bond acceptors (Lipinski definition) is 5. The lowest BCUT2D eigenvalue weighted by molar-refractivity contribution is -0.115. The molecule has 0 heterocycles. The number of carbonyl (C=O) groups is 2. The number of amides is 3. The molecule has 0 aromatic heterocycles. The number of halogens is 1. The zero-order valence-corrected chi connectivity index (χ0v) is 19.7. The van der Waals surface area contributed by atoms with Gasteiger partial charge in [-0.1, -0.05) is 26.0 Å². The predicted octanol–water partition coefficient (Wildman–Crippen LogP) is 2.69. The minimum absolute atomic E-state index is 0.0455. The molecule has 0 bridgehead atoms. The number of carbonyl (C=O) groups excluding carboxylic acids is 2. The smallest absolute Gasteiger partial charge is 0.315 e. The van der Waals surface area contributed by atoms with Crippen LogP contribution in [0.15, 0.2) is 47.4 Å². The van der Waals surface area contributed by atoms with E-state index in [-0.39, 0.29) is 54.9 Å². The van der Waals surface area contributed by atoms with E-state index in [0.29, 0.717) is 5.56 Å². The number of anilines is 1. The van der Waals surface area contributed by atoms with E-state index in [9.17, 15) is 22.4 Å². The van der Waals surface area contributed by atoms with Gasteiger partial charge in [-0.15, -0.1) is 0 Å². The number of urea groups is 1. The minimum Gasteiger partial charge on any atom is -0.492 e. The molecule has 0 radical (unpaired) electrons. The number of nitrogens with one attached hydrogen (secondary N) is 3. The second-order valence-electron chi connectivity index (χ2n) is 6.89. The molecule has 0 saturated heterocycles.